The number of amides is 2. The number of hydrogen-bond acceptors (Lipinski definition) is 4. The minimum atomic E-state index is -3.82. The quantitative estimate of drug-likeness (QED) is 0.799. The fourth-order valence-corrected chi connectivity index (χ4v) is 2.30. The van der Waals surface area contributed by atoms with Gasteiger partial charge >= 0.3 is 17.9 Å². The molecule has 0 bridgehead atoms. The molecule has 1 aliphatic heterocycles. The van der Waals surface area contributed by atoms with Crippen LogP contribution in [-0.4, -0.2) is 58.7 Å². The molecule has 0 atom stereocenters. The van der Waals surface area contributed by atoms with Crippen LogP contribution in [0, 0.1) is 0 Å². The third-order valence-electron chi connectivity index (χ3n) is 3.70. The van der Waals surface area contributed by atoms with Crippen molar-refractivity contribution in [2.24, 2.45) is 5.73 Å². The van der Waals surface area contributed by atoms with E-state index in [1.54, 1.807) is 20.8 Å². The Morgan fingerprint density at radius 2 is 1.70 bits per heavy atom. The number of nitrogens with zero attached hydrogens (tertiary/aromatic N) is 2. The van der Waals surface area contributed by atoms with Crippen molar-refractivity contribution in [1.29, 1.82) is 0 Å². The van der Waals surface area contributed by atoms with Gasteiger partial charge in [-0.3, -0.25) is 4.79 Å². The van der Waals surface area contributed by atoms with Gasteiger partial charge in [-0.1, -0.05) is 4.48 Å². The summed E-state index contributed by atoms with van der Waals surface area (Å²) in [5.41, 5.74) is 3.32. The smallest absolute Gasteiger partial charge is 0.410 e. The molecule has 0 aromatic rings. The Morgan fingerprint density at radius 1 is 1.22 bits per heavy atom. The summed E-state index contributed by atoms with van der Waals surface area (Å²) in [6, 6.07) is 0. The van der Waals surface area contributed by atoms with Gasteiger partial charge in [0.2, 0.25) is 0 Å². The number of ether oxygens (including phenoxy) is 1. The molecule has 2 N–H and O–H groups in total. The van der Waals surface area contributed by atoms with Crippen molar-refractivity contribution in [3.63, 3.8) is 0 Å². The lowest BCUT2D eigenvalue weighted by atomic mass is 9.87. The van der Waals surface area contributed by atoms with Crippen molar-refractivity contribution >= 4 is 12.0 Å². The summed E-state index contributed by atoms with van der Waals surface area (Å²) >= 11 is 0. The molecular weight excluding hydrogens is 315 g/mol. The molecule has 134 valence electrons. The maximum atomic E-state index is 14.2. The standard InChI is InChI=1S/C14H24F3N3O3/c1-12(2,3)23-11(22)19-7-5-14(9-18,6-8-19)20(17)10(21)13(4,15)16/h5-9,18H2,1-4H3. The van der Waals surface area contributed by atoms with Crippen LogP contribution in [0.2, 0.25) is 0 Å². The lowest BCUT2D eigenvalue weighted by Crippen LogP contribution is -2.61. The minimum absolute atomic E-state index is 0.0406. The van der Waals surface area contributed by atoms with Crippen LogP contribution >= 0.6 is 0 Å². The lowest BCUT2D eigenvalue weighted by molar-refractivity contribution is -0.190. The van der Waals surface area contributed by atoms with Gasteiger partial charge in [-0.2, -0.15) is 13.9 Å². The molecule has 1 saturated heterocycles. The van der Waals surface area contributed by atoms with Gasteiger partial charge < -0.3 is 15.4 Å². The normalized spacial score (nSPS) is 18.5. The molecule has 2 amide bonds. The van der Waals surface area contributed by atoms with Crippen molar-refractivity contribution in [2.75, 3.05) is 19.6 Å². The van der Waals surface area contributed by atoms with E-state index < -0.39 is 34.2 Å². The van der Waals surface area contributed by atoms with E-state index >= 15 is 0 Å². The van der Waals surface area contributed by atoms with E-state index in [4.69, 9.17) is 10.5 Å². The average molecular weight is 339 g/mol. The van der Waals surface area contributed by atoms with E-state index in [1.807, 2.05) is 0 Å². The van der Waals surface area contributed by atoms with Crippen LogP contribution in [0.1, 0.15) is 40.5 Å². The van der Waals surface area contributed by atoms with Crippen molar-refractivity contribution in [3.8, 4) is 0 Å². The number of hydrogen-bond donors (Lipinski definition) is 1. The van der Waals surface area contributed by atoms with E-state index in [9.17, 15) is 22.9 Å². The third-order valence-corrected chi connectivity index (χ3v) is 3.70. The van der Waals surface area contributed by atoms with Crippen molar-refractivity contribution < 1.29 is 27.6 Å². The van der Waals surface area contributed by atoms with Crippen LogP contribution in [0.25, 0.3) is 0 Å². The van der Waals surface area contributed by atoms with E-state index in [0.29, 0.717) is 6.92 Å². The third kappa shape index (κ3) is 4.73. The number of halogens is 3. The first-order valence-electron chi connectivity index (χ1n) is 7.39. The predicted molar refractivity (Wildman–Crippen MR) is 77.4 cm³/mol. The lowest BCUT2D eigenvalue weighted by Gasteiger charge is -2.44. The van der Waals surface area contributed by atoms with Gasteiger partial charge in [-0.25, -0.2) is 4.79 Å². The van der Waals surface area contributed by atoms with E-state index in [1.165, 1.54) is 4.90 Å². The van der Waals surface area contributed by atoms with E-state index in [-0.39, 0.29) is 32.5 Å². The molecule has 1 fully saturated rings. The zero-order valence-corrected chi connectivity index (χ0v) is 13.9. The summed E-state index contributed by atoms with van der Waals surface area (Å²) in [6.07, 6.45) is -0.650. The second-order valence-corrected chi connectivity index (χ2v) is 6.87. The molecule has 9 heteroatoms. The van der Waals surface area contributed by atoms with Gasteiger partial charge in [0.05, 0.1) is 5.54 Å². The zero-order chi connectivity index (χ0) is 18.1. The molecule has 0 spiro atoms. The topological polar surface area (TPSA) is 75.9 Å². The molecule has 1 aliphatic rings. The Hall–Kier alpha value is -1.51. The van der Waals surface area contributed by atoms with Crippen molar-refractivity contribution in [3.05, 3.63) is 0 Å². The van der Waals surface area contributed by atoms with E-state index in [2.05, 4.69) is 0 Å². The number of carbonyl (C=O) groups is 2. The largest absolute Gasteiger partial charge is 0.444 e. The summed E-state index contributed by atoms with van der Waals surface area (Å²) in [7, 11) is 0. The Balaban J connectivity index is 2.77. The summed E-state index contributed by atoms with van der Waals surface area (Å²) in [5, 5.41) is -0.459. The molecule has 6 nitrogen and oxygen atoms in total. The van der Waals surface area contributed by atoms with E-state index in [0.717, 1.165) is 0 Å². The first kappa shape index (κ1) is 19.5. The second-order valence-electron chi connectivity index (χ2n) is 6.87. The van der Waals surface area contributed by atoms with Gasteiger partial charge in [-0.15, -0.1) is 0 Å². The molecule has 23 heavy (non-hydrogen) atoms. The van der Waals surface area contributed by atoms with Gasteiger partial charge in [-0.05, 0) is 33.6 Å². The summed E-state index contributed by atoms with van der Waals surface area (Å²) in [6.45, 7) is 5.29. The predicted octanol–water partition coefficient (Wildman–Crippen LogP) is 2.08. The highest BCUT2D eigenvalue weighted by Crippen LogP contribution is 2.32. The maximum absolute atomic E-state index is 14.2. The van der Waals surface area contributed by atoms with Crippen LogP contribution < -0.4 is 5.73 Å². The number of likely N-dealkylation sites (tertiary alicyclic amines) is 1. The summed E-state index contributed by atoms with van der Waals surface area (Å²) in [5.74, 6) is -5.74. The highest BCUT2D eigenvalue weighted by molar-refractivity contribution is 5.82. The van der Waals surface area contributed by atoms with Gasteiger partial charge in [0.1, 0.15) is 5.60 Å². The molecule has 0 aromatic heterocycles. The minimum Gasteiger partial charge on any atom is -0.444 e. The van der Waals surface area contributed by atoms with Crippen LogP contribution in [0.5, 0.6) is 0 Å². The Kier molecular flexibility index (Phi) is 5.56. The first-order valence-corrected chi connectivity index (χ1v) is 7.39. The number of nitrogens with two attached hydrogens (primary N) is 1. The zero-order valence-electron chi connectivity index (χ0n) is 13.9. The molecule has 1 rings (SSSR count). The van der Waals surface area contributed by atoms with Gasteiger partial charge in [0.25, 0.3) is 0 Å². The molecule has 0 radical (unpaired) electrons. The monoisotopic (exact) mass is 339 g/mol. The average Bonchev–Trinajstić information content (AvgIpc) is 2.43. The Morgan fingerprint density at radius 3 is 2.04 bits per heavy atom. The fourth-order valence-electron chi connectivity index (χ4n) is 2.30. The molecule has 0 unspecified atom stereocenters. The fraction of sp³-hybridized carbons (Fsp3) is 0.857. The van der Waals surface area contributed by atoms with Gasteiger partial charge in [0.15, 0.2) is 0 Å². The molecule has 1 heterocycles. The second kappa shape index (κ2) is 6.54. The molecule has 0 aliphatic carbocycles. The number of piperidine rings is 1. The number of carbonyl (C=O) groups excluding carboxylic acids is 2. The Bertz CT molecular complexity index is 452. The summed E-state index contributed by atoms with van der Waals surface area (Å²) in [4.78, 5) is 24.8. The van der Waals surface area contributed by atoms with Crippen LogP contribution in [0.4, 0.5) is 18.1 Å². The Labute approximate surface area is 133 Å². The first-order chi connectivity index (χ1) is 10.3. The number of alkyl halides is 2. The highest BCUT2D eigenvalue weighted by atomic mass is 19.3. The van der Waals surface area contributed by atoms with Gasteiger partial charge in [0, 0.05) is 26.6 Å². The molecular formula is C14H24F3N3O3. The SMILES string of the molecule is CC(C)(C)OC(=O)N1CCC(CN)(N(F)C(=O)C(C)(F)F)CC1. The van der Waals surface area contributed by atoms with Crippen LogP contribution in [0.15, 0.2) is 0 Å². The highest BCUT2D eigenvalue weighted by Gasteiger charge is 2.49. The van der Waals surface area contributed by atoms with Crippen molar-refractivity contribution in [2.45, 2.75) is 57.6 Å². The summed E-state index contributed by atoms with van der Waals surface area (Å²) < 4.78 is 45.5. The van der Waals surface area contributed by atoms with Crippen LogP contribution in [-0.2, 0) is 9.53 Å². The molecule has 0 saturated carbocycles. The van der Waals surface area contributed by atoms with Crippen LogP contribution in [0.3, 0.4) is 0 Å². The molecule has 0 aromatic carbocycles. The van der Waals surface area contributed by atoms with Crippen molar-refractivity contribution in [1.82, 2.24) is 10.0 Å². The maximum Gasteiger partial charge on any atom is 0.410 e. The number of rotatable bonds is 3.